The Morgan fingerprint density at radius 2 is 1.69 bits per heavy atom. The number of amides is 1. The number of carbonyl (C=O) groups excluding carboxylic acids is 1. The van der Waals surface area contributed by atoms with E-state index in [1.807, 2.05) is 0 Å². The Balaban J connectivity index is 1.35. The van der Waals surface area contributed by atoms with Gasteiger partial charge in [0.1, 0.15) is 5.82 Å². The molecule has 1 saturated carbocycles. The Hall–Kier alpha value is -1.51. The number of hydrogen-bond acceptors (Lipinski definition) is 5. The third kappa shape index (κ3) is 5.75. The van der Waals surface area contributed by atoms with E-state index in [2.05, 4.69) is 15.1 Å². The molecule has 0 atom stereocenters. The molecule has 0 unspecified atom stereocenters. The van der Waals surface area contributed by atoms with Crippen molar-refractivity contribution in [2.45, 2.75) is 30.2 Å². The molecule has 0 bridgehead atoms. The second-order valence-corrected chi connectivity index (χ2v) is 9.20. The highest BCUT2D eigenvalue weighted by atomic mass is 32.2. The van der Waals surface area contributed by atoms with Crippen LogP contribution in [0.15, 0.2) is 29.2 Å². The van der Waals surface area contributed by atoms with Gasteiger partial charge in [-0.25, -0.2) is 12.8 Å². The summed E-state index contributed by atoms with van der Waals surface area (Å²) in [4.78, 5) is 16.4. The van der Waals surface area contributed by atoms with Crippen molar-refractivity contribution < 1.29 is 17.6 Å². The van der Waals surface area contributed by atoms with E-state index >= 15 is 0 Å². The first-order chi connectivity index (χ1) is 12.4. The van der Waals surface area contributed by atoms with Crippen LogP contribution in [0.1, 0.15) is 19.3 Å². The minimum Gasteiger partial charge on any atom is -0.352 e. The molecule has 1 heterocycles. The van der Waals surface area contributed by atoms with E-state index in [0.29, 0.717) is 25.6 Å². The van der Waals surface area contributed by atoms with Gasteiger partial charge in [-0.1, -0.05) is 0 Å². The number of piperazine rings is 1. The van der Waals surface area contributed by atoms with Crippen molar-refractivity contribution in [3.05, 3.63) is 30.1 Å². The van der Waals surface area contributed by atoms with Gasteiger partial charge in [-0.2, -0.15) is 0 Å². The third-order valence-electron chi connectivity index (χ3n) is 4.83. The Kier molecular flexibility index (Phi) is 6.26. The Morgan fingerprint density at radius 3 is 2.31 bits per heavy atom. The lowest BCUT2D eigenvalue weighted by molar-refractivity contribution is -0.122. The predicted octanol–water partition coefficient (Wildman–Crippen LogP) is 0.886. The standard InChI is InChI=1S/C18H26FN3O3S/c19-15-2-6-17(7-3-15)26(24,25)13-1-8-21-9-11-22(12-10-21)14-18(23)20-16-4-5-16/h2-3,6-7,16H,1,4-5,8-14H2,(H,20,23). The van der Waals surface area contributed by atoms with Gasteiger partial charge < -0.3 is 10.2 Å². The molecule has 26 heavy (non-hydrogen) atoms. The van der Waals surface area contributed by atoms with E-state index < -0.39 is 15.7 Å². The van der Waals surface area contributed by atoms with Gasteiger partial charge in [-0.05, 0) is 50.1 Å². The highest BCUT2D eigenvalue weighted by Crippen LogP contribution is 2.18. The summed E-state index contributed by atoms with van der Waals surface area (Å²) < 4.78 is 37.4. The number of halogens is 1. The van der Waals surface area contributed by atoms with Gasteiger partial charge in [0, 0.05) is 32.2 Å². The molecule has 1 aromatic carbocycles. The molecular weight excluding hydrogens is 357 g/mol. The molecule has 6 nitrogen and oxygen atoms in total. The molecule has 0 radical (unpaired) electrons. The van der Waals surface area contributed by atoms with Crippen molar-refractivity contribution in [2.24, 2.45) is 0 Å². The van der Waals surface area contributed by atoms with E-state index in [1.54, 1.807) is 0 Å². The van der Waals surface area contributed by atoms with Crippen LogP contribution in [0.2, 0.25) is 0 Å². The molecule has 2 aliphatic rings. The topological polar surface area (TPSA) is 69.7 Å². The normalized spacial score (nSPS) is 19.4. The van der Waals surface area contributed by atoms with Crippen LogP contribution < -0.4 is 5.32 Å². The summed E-state index contributed by atoms with van der Waals surface area (Å²) in [6.45, 7) is 4.48. The van der Waals surface area contributed by atoms with Gasteiger partial charge in [-0.3, -0.25) is 9.69 Å². The van der Waals surface area contributed by atoms with Gasteiger partial charge in [0.15, 0.2) is 9.84 Å². The predicted molar refractivity (Wildman–Crippen MR) is 97.1 cm³/mol. The molecule has 1 aliphatic heterocycles. The first-order valence-electron chi connectivity index (χ1n) is 9.15. The number of sulfone groups is 1. The monoisotopic (exact) mass is 383 g/mol. The summed E-state index contributed by atoms with van der Waals surface area (Å²) in [6.07, 6.45) is 2.74. The van der Waals surface area contributed by atoms with Crippen molar-refractivity contribution in [3.63, 3.8) is 0 Å². The van der Waals surface area contributed by atoms with E-state index in [0.717, 1.165) is 39.0 Å². The van der Waals surface area contributed by atoms with Crippen LogP contribution in [-0.4, -0.2) is 75.2 Å². The maximum atomic E-state index is 12.9. The smallest absolute Gasteiger partial charge is 0.234 e. The van der Waals surface area contributed by atoms with Crippen LogP contribution in [0.25, 0.3) is 0 Å². The van der Waals surface area contributed by atoms with E-state index in [4.69, 9.17) is 0 Å². The van der Waals surface area contributed by atoms with Crippen LogP contribution in [0.3, 0.4) is 0 Å². The largest absolute Gasteiger partial charge is 0.352 e. The van der Waals surface area contributed by atoms with Gasteiger partial charge >= 0.3 is 0 Å². The summed E-state index contributed by atoms with van der Waals surface area (Å²) in [5, 5.41) is 3.00. The minimum absolute atomic E-state index is 0.0582. The van der Waals surface area contributed by atoms with E-state index in [1.165, 1.54) is 24.3 Å². The van der Waals surface area contributed by atoms with Gasteiger partial charge in [0.05, 0.1) is 17.2 Å². The van der Waals surface area contributed by atoms with Crippen molar-refractivity contribution in [2.75, 3.05) is 45.0 Å². The number of hydrogen-bond donors (Lipinski definition) is 1. The maximum Gasteiger partial charge on any atom is 0.234 e. The lowest BCUT2D eigenvalue weighted by atomic mass is 10.3. The summed E-state index contributed by atoms with van der Waals surface area (Å²) in [7, 11) is -3.37. The highest BCUT2D eigenvalue weighted by Gasteiger charge is 2.25. The molecule has 1 saturated heterocycles. The SMILES string of the molecule is O=C(CN1CCN(CCCS(=O)(=O)c2ccc(F)cc2)CC1)NC1CC1. The quantitative estimate of drug-likeness (QED) is 0.675. The third-order valence-corrected chi connectivity index (χ3v) is 6.65. The fourth-order valence-corrected chi connectivity index (χ4v) is 4.41. The van der Waals surface area contributed by atoms with Crippen molar-refractivity contribution in [1.82, 2.24) is 15.1 Å². The average molecular weight is 383 g/mol. The van der Waals surface area contributed by atoms with Crippen molar-refractivity contribution in [1.29, 1.82) is 0 Å². The van der Waals surface area contributed by atoms with E-state index in [-0.39, 0.29) is 16.6 Å². The van der Waals surface area contributed by atoms with Crippen LogP contribution >= 0.6 is 0 Å². The number of nitrogens with one attached hydrogen (secondary N) is 1. The average Bonchev–Trinajstić information content (AvgIpc) is 3.40. The second-order valence-electron chi connectivity index (χ2n) is 7.09. The number of carbonyl (C=O) groups is 1. The number of benzene rings is 1. The first kappa shape index (κ1) is 19.3. The Morgan fingerprint density at radius 1 is 1.08 bits per heavy atom. The van der Waals surface area contributed by atoms with Gasteiger partial charge in [0.25, 0.3) is 0 Å². The molecule has 1 N–H and O–H groups in total. The molecule has 0 aromatic heterocycles. The van der Waals surface area contributed by atoms with E-state index in [9.17, 15) is 17.6 Å². The number of rotatable bonds is 8. The zero-order chi connectivity index (χ0) is 18.6. The number of nitrogens with zero attached hydrogens (tertiary/aromatic N) is 2. The van der Waals surface area contributed by atoms with Gasteiger partial charge in [0.2, 0.25) is 5.91 Å². The zero-order valence-corrected chi connectivity index (χ0v) is 15.7. The van der Waals surface area contributed by atoms with Crippen LogP contribution in [0.5, 0.6) is 0 Å². The van der Waals surface area contributed by atoms with Crippen LogP contribution in [0.4, 0.5) is 4.39 Å². The zero-order valence-electron chi connectivity index (χ0n) is 14.9. The first-order valence-corrected chi connectivity index (χ1v) is 10.8. The Bertz CT molecular complexity index is 712. The summed E-state index contributed by atoms with van der Waals surface area (Å²) in [5.41, 5.74) is 0. The summed E-state index contributed by atoms with van der Waals surface area (Å²) >= 11 is 0. The molecule has 1 amide bonds. The minimum atomic E-state index is -3.37. The van der Waals surface area contributed by atoms with Crippen molar-refractivity contribution >= 4 is 15.7 Å². The summed E-state index contributed by atoms with van der Waals surface area (Å²) in [6, 6.07) is 5.37. The lowest BCUT2D eigenvalue weighted by Crippen LogP contribution is -2.49. The maximum absolute atomic E-state index is 12.9. The molecule has 2 fully saturated rings. The van der Waals surface area contributed by atoms with Crippen LogP contribution in [0, 0.1) is 5.82 Å². The van der Waals surface area contributed by atoms with Crippen LogP contribution in [-0.2, 0) is 14.6 Å². The Labute approximate surface area is 154 Å². The molecular formula is C18H26FN3O3S. The lowest BCUT2D eigenvalue weighted by Gasteiger charge is -2.34. The molecule has 144 valence electrons. The molecule has 8 heteroatoms. The van der Waals surface area contributed by atoms with Gasteiger partial charge in [-0.15, -0.1) is 0 Å². The highest BCUT2D eigenvalue weighted by molar-refractivity contribution is 7.91. The fourth-order valence-electron chi connectivity index (χ4n) is 3.11. The fraction of sp³-hybridized carbons (Fsp3) is 0.611. The summed E-state index contributed by atoms with van der Waals surface area (Å²) in [5.74, 6) is -0.276. The second kappa shape index (κ2) is 8.45. The molecule has 0 spiro atoms. The molecule has 3 rings (SSSR count). The molecule has 1 aliphatic carbocycles. The van der Waals surface area contributed by atoms with Crippen molar-refractivity contribution in [3.8, 4) is 0 Å². The molecule has 1 aromatic rings.